The molecule has 2 saturated heterocycles. The number of benzene rings is 2. The van der Waals surface area contributed by atoms with Crippen molar-refractivity contribution in [1.29, 1.82) is 0 Å². The predicted molar refractivity (Wildman–Crippen MR) is 121 cm³/mol. The molecular weight excluding hydrogens is 452 g/mol. The molecule has 4 rings (SSSR count). The number of rotatable bonds is 7. The van der Waals surface area contributed by atoms with Crippen LogP contribution in [0.5, 0.6) is 5.75 Å². The van der Waals surface area contributed by atoms with Crippen molar-refractivity contribution in [1.82, 2.24) is 10.2 Å². The lowest BCUT2D eigenvalue weighted by molar-refractivity contribution is -0.168. The van der Waals surface area contributed by atoms with Crippen LogP contribution in [0.4, 0.5) is 0 Å². The maximum Gasteiger partial charge on any atom is 0.331 e. The number of hydrogen-bond acceptors (Lipinski definition) is 6. The predicted octanol–water partition coefficient (Wildman–Crippen LogP) is 2.57. The molecule has 0 saturated carbocycles. The van der Waals surface area contributed by atoms with E-state index in [9.17, 15) is 14.4 Å². The number of β-lactam (4-membered cyclic amide) rings is 1. The third kappa shape index (κ3) is 4.71. The maximum atomic E-state index is 12.9. The Labute approximate surface area is 195 Å². The Kier molecular flexibility index (Phi) is 6.62. The van der Waals surface area contributed by atoms with Gasteiger partial charge in [0.1, 0.15) is 23.8 Å². The number of carbonyl (C=O) groups is 3. The largest absolute Gasteiger partial charge is 0.484 e. The summed E-state index contributed by atoms with van der Waals surface area (Å²) in [5.74, 6) is -0.322. The van der Waals surface area contributed by atoms with Gasteiger partial charge in [0.25, 0.3) is 5.91 Å². The highest BCUT2D eigenvalue weighted by molar-refractivity contribution is 8.00. The first-order chi connectivity index (χ1) is 15.4. The van der Waals surface area contributed by atoms with E-state index in [-0.39, 0.29) is 24.5 Å². The number of para-hydroxylation sites is 1. The number of nitrogens with one attached hydrogen (secondary N) is 1. The number of carbonyl (C=O) groups excluding carboxylic acids is 3. The van der Waals surface area contributed by atoms with Crippen LogP contribution in [-0.2, 0) is 25.7 Å². The highest BCUT2D eigenvalue weighted by atomic mass is 35.5. The fraction of sp³-hybridized carbons (Fsp3) is 0.348. The highest BCUT2D eigenvalue weighted by Gasteiger charge is 2.61. The minimum absolute atomic E-state index is 0.0972. The van der Waals surface area contributed by atoms with Gasteiger partial charge < -0.3 is 19.7 Å². The SMILES string of the molecule is C[C@@]1(Cl)CS[C@H]2[C@H](NC(=O)COc3ccccc3)C(=O)N2[C@H]1C(=O)OCc1ccccc1. The number of alkyl halides is 1. The van der Waals surface area contributed by atoms with Crippen LogP contribution in [-0.4, -0.2) is 57.4 Å². The minimum atomic E-state index is -0.976. The molecule has 0 spiro atoms. The summed E-state index contributed by atoms with van der Waals surface area (Å²) in [6, 6.07) is 16.6. The number of hydrogen-bond donors (Lipinski definition) is 1. The molecule has 2 aromatic rings. The normalized spacial score (nSPS) is 26.5. The first-order valence-corrected chi connectivity index (χ1v) is 11.6. The van der Waals surface area contributed by atoms with Crippen LogP contribution in [0.25, 0.3) is 0 Å². The van der Waals surface area contributed by atoms with Gasteiger partial charge in [-0.2, -0.15) is 0 Å². The van der Waals surface area contributed by atoms with Crippen molar-refractivity contribution in [2.45, 2.75) is 35.9 Å². The second-order valence-electron chi connectivity index (χ2n) is 7.87. The van der Waals surface area contributed by atoms with E-state index in [0.29, 0.717) is 11.5 Å². The van der Waals surface area contributed by atoms with Crippen LogP contribution in [0.1, 0.15) is 12.5 Å². The summed E-state index contributed by atoms with van der Waals surface area (Å²) in [5, 5.41) is 2.32. The number of amides is 2. The molecule has 0 bridgehead atoms. The zero-order valence-corrected chi connectivity index (χ0v) is 19.0. The molecule has 32 heavy (non-hydrogen) atoms. The quantitative estimate of drug-likeness (QED) is 0.377. The minimum Gasteiger partial charge on any atom is -0.484 e. The van der Waals surface area contributed by atoms with Crippen molar-refractivity contribution in [3.05, 3.63) is 66.2 Å². The van der Waals surface area contributed by atoms with E-state index < -0.39 is 28.8 Å². The van der Waals surface area contributed by atoms with Crippen molar-refractivity contribution in [3.63, 3.8) is 0 Å². The molecule has 2 aromatic carbocycles. The molecule has 2 aliphatic rings. The molecule has 1 N–H and O–H groups in total. The summed E-state index contributed by atoms with van der Waals surface area (Å²) in [4.78, 5) is 38.5. The standard InChI is InChI=1S/C23H23ClN2O5S/c1-23(24)14-32-21-18(25-17(27)13-30-16-10-6-3-7-11-16)20(28)26(21)19(23)22(29)31-12-15-8-4-2-5-9-15/h2-11,18-19,21H,12-14H2,1H3,(H,25,27)/t18-,19+,21+,23-/m1/s1. The van der Waals surface area contributed by atoms with Gasteiger partial charge in [0.2, 0.25) is 5.91 Å². The van der Waals surface area contributed by atoms with Crippen molar-refractivity contribution in [2.24, 2.45) is 0 Å². The summed E-state index contributed by atoms with van der Waals surface area (Å²) in [6.45, 7) is 1.61. The second kappa shape index (κ2) is 9.42. The lowest BCUT2D eigenvalue weighted by atomic mass is 9.94. The summed E-state index contributed by atoms with van der Waals surface area (Å²) in [5.41, 5.74) is 0.845. The third-order valence-corrected chi connectivity index (χ3v) is 7.45. The molecule has 0 unspecified atom stereocenters. The van der Waals surface area contributed by atoms with E-state index in [1.807, 2.05) is 36.4 Å². The summed E-state index contributed by atoms with van der Waals surface area (Å²) >= 11 is 8.06. The molecule has 0 aromatic heterocycles. The van der Waals surface area contributed by atoms with Gasteiger partial charge in [-0.15, -0.1) is 23.4 Å². The van der Waals surface area contributed by atoms with Crippen LogP contribution in [0.2, 0.25) is 0 Å². The molecule has 4 atom stereocenters. The van der Waals surface area contributed by atoms with E-state index >= 15 is 0 Å². The molecule has 2 heterocycles. The lowest BCUT2D eigenvalue weighted by Gasteiger charge is -2.56. The Morgan fingerprint density at radius 2 is 1.81 bits per heavy atom. The molecule has 2 fully saturated rings. The molecule has 0 radical (unpaired) electrons. The Morgan fingerprint density at radius 3 is 2.50 bits per heavy atom. The van der Waals surface area contributed by atoms with Crippen molar-refractivity contribution in [2.75, 3.05) is 12.4 Å². The molecule has 9 heteroatoms. The van der Waals surface area contributed by atoms with Crippen LogP contribution in [0.3, 0.4) is 0 Å². The van der Waals surface area contributed by atoms with Gasteiger partial charge in [0, 0.05) is 5.75 Å². The number of esters is 1. The van der Waals surface area contributed by atoms with Crippen LogP contribution in [0.15, 0.2) is 60.7 Å². The average molecular weight is 475 g/mol. The van der Waals surface area contributed by atoms with Crippen molar-refractivity contribution < 1.29 is 23.9 Å². The molecule has 0 aliphatic carbocycles. The average Bonchev–Trinajstić information content (AvgIpc) is 2.80. The van der Waals surface area contributed by atoms with E-state index in [1.54, 1.807) is 31.2 Å². The van der Waals surface area contributed by atoms with Crippen LogP contribution >= 0.6 is 23.4 Å². The molecule has 2 amide bonds. The van der Waals surface area contributed by atoms with E-state index in [4.69, 9.17) is 21.1 Å². The first-order valence-electron chi connectivity index (χ1n) is 10.2. The van der Waals surface area contributed by atoms with Gasteiger partial charge in [-0.1, -0.05) is 48.5 Å². The fourth-order valence-corrected chi connectivity index (χ4v) is 5.54. The number of ether oxygens (including phenoxy) is 2. The van der Waals surface area contributed by atoms with Gasteiger partial charge in [-0.05, 0) is 24.6 Å². The number of thioether (sulfide) groups is 1. The van der Waals surface area contributed by atoms with Crippen molar-refractivity contribution in [3.8, 4) is 5.75 Å². The van der Waals surface area contributed by atoms with E-state index in [0.717, 1.165) is 5.56 Å². The Bertz CT molecular complexity index is 988. The van der Waals surface area contributed by atoms with Crippen LogP contribution < -0.4 is 10.1 Å². The summed E-state index contributed by atoms with van der Waals surface area (Å²) < 4.78 is 10.9. The van der Waals surface area contributed by atoms with Gasteiger partial charge in [-0.25, -0.2) is 4.79 Å². The molecule has 7 nitrogen and oxygen atoms in total. The van der Waals surface area contributed by atoms with E-state index in [2.05, 4.69) is 5.32 Å². The van der Waals surface area contributed by atoms with Gasteiger partial charge in [0.15, 0.2) is 12.6 Å². The highest BCUT2D eigenvalue weighted by Crippen LogP contribution is 2.45. The zero-order chi connectivity index (χ0) is 22.7. The first kappa shape index (κ1) is 22.5. The fourth-order valence-electron chi connectivity index (χ4n) is 3.74. The van der Waals surface area contributed by atoms with Crippen molar-refractivity contribution >= 4 is 41.1 Å². The lowest BCUT2D eigenvalue weighted by Crippen LogP contribution is -2.78. The third-order valence-electron chi connectivity index (χ3n) is 5.34. The Morgan fingerprint density at radius 1 is 1.16 bits per heavy atom. The Hall–Kier alpha value is -2.71. The van der Waals surface area contributed by atoms with Gasteiger partial charge in [0.05, 0.1) is 4.87 Å². The molecular formula is C23H23ClN2O5S. The topological polar surface area (TPSA) is 84.9 Å². The monoisotopic (exact) mass is 474 g/mol. The molecule has 168 valence electrons. The second-order valence-corrected chi connectivity index (χ2v) is 9.84. The number of nitrogens with zero attached hydrogens (tertiary/aromatic N) is 1. The van der Waals surface area contributed by atoms with E-state index in [1.165, 1.54) is 16.7 Å². The van der Waals surface area contributed by atoms with Crippen LogP contribution in [0, 0.1) is 0 Å². The van der Waals surface area contributed by atoms with Gasteiger partial charge in [-0.3, -0.25) is 9.59 Å². The smallest absolute Gasteiger partial charge is 0.331 e. The molecule has 2 aliphatic heterocycles. The number of fused-ring (bicyclic) bond motifs is 1. The maximum absolute atomic E-state index is 12.9. The number of halogens is 1. The summed E-state index contributed by atoms with van der Waals surface area (Å²) in [6.07, 6.45) is 0. The van der Waals surface area contributed by atoms with Gasteiger partial charge >= 0.3 is 5.97 Å². The Balaban J connectivity index is 1.36. The summed E-state index contributed by atoms with van der Waals surface area (Å²) in [7, 11) is 0. The zero-order valence-electron chi connectivity index (χ0n) is 17.4.